The molecule has 0 atom stereocenters. The van der Waals surface area contributed by atoms with E-state index < -0.39 is 30.2 Å². The average molecular weight is 1200 g/mol. The molecule has 23 nitrogen and oxygen atoms in total. The van der Waals surface area contributed by atoms with Crippen LogP contribution in [0.5, 0.6) is 46.0 Å². The first-order valence-electron chi connectivity index (χ1n) is 29.2. The average Bonchev–Trinajstić information content (AvgIpc) is 2.12. The van der Waals surface area contributed by atoms with Crippen LogP contribution in [-0.2, 0) is 9.47 Å². The van der Waals surface area contributed by atoms with Crippen LogP contribution in [0.4, 0.5) is 4.79 Å². The van der Waals surface area contributed by atoms with E-state index in [0.29, 0.717) is 122 Å². The van der Waals surface area contributed by atoms with E-state index in [1.807, 2.05) is 27.7 Å². The number of nitrogens with one attached hydrogen (secondary N) is 2. The summed E-state index contributed by atoms with van der Waals surface area (Å²) in [4.78, 5) is 69.8. The Labute approximate surface area is 507 Å². The summed E-state index contributed by atoms with van der Waals surface area (Å²) in [6, 6.07) is 33.0. The third kappa shape index (κ3) is 13.3. The third-order valence-corrected chi connectivity index (χ3v) is 15.3. The fraction of sp³-hybridized carbons (Fsp3) is 0.308. The Morgan fingerprint density at radius 3 is 1.12 bits per heavy atom. The maximum absolute atomic E-state index is 13.6. The van der Waals surface area contributed by atoms with Gasteiger partial charge in [-0.05, 0) is 146 Å². The number of benzene rings is 6. The number of amides is 4. The van der Waals surface area contributed by atoms with Crippen molar-refractivity contribution in [2.75, 3.05) is 39.3 Å². The number of rotatable bonds is 18. The minimum Gasteiger partial charge on any atom is -0.508 e. The van der Waals surface area contributed by atoms with Gasteiger partial charge in [0.1, 0.15) is 58.2 Å². The lowest BCUT2D eigenvalue weighted by Crippen LogP contribution is -2.43. The molecule has 88 heavy (non-hydrogen) atoms. The number of aromatic nitrogens is 6. The molecule has 6 aromatic carbocycles. The lowest BCUT2D eigenvalue weighted by atomic mass is 9.98. The second-order valence-corrected chi connectivity index (χ2v) is 22.0. The highest BCUT2D eigenvalue weighted by Gasteiger charge is 2.31. The second-order valence-electron chi connectivity index (χ2n) is 22.0. The van der Waals surface area contributed by atoms with Gasteiger partial charge in [-0.1, -0.05) is 27.7 Å². The molecule has 2 aliphatic heterocycles. The molecule has 10 rings (SSSR count). The van der Waals surface area contributed by atoms with Crippen molar-refractivity contribution in [1.82, 2.24) is 50.0 Å². The van der Waals surface area contributed by atoms with E-state index >= 15 is 0 Å². The summed E-state index contributed by atoms with van der Waals surface area (Å²) in [5.74, 6) is 0.284. The number of aromatic hydroxyl groups is 4. The van der Waals surface area contributed by atoms with Gasteiger partial charge in [-0.25, -0.2) is 4.79 Å². The number of piperidine rings is 2. The smallest absolute Gasteiger partial charge is 0.508 e. The van der Waals surface area contributed by atoms with Gasteiger partial charge in [0.05, 0.1) is 11.1 Å². The van der Waals surface area contributed by atoms with Crippen LogP contribution in [0, 0.1) is 0 Å². The van der Waals surface area contributed by atoms with E-state index in [2.05, 4.69) is 31.0 Å². The van der Waals surface area contributed by atoms with Crippen molar-refractivity contribution in [2.24, 2.45) is 0 Å². The monoisotopic (exact) mass is 1200 g/mol. The van der Waals surface area contributed by atoms with Crippen molar-refractivity contribution in [3.8, 4) is 80.1 Å². The summed E-state index contributed by atoms with van der Waals surface area (Å²) >= 11 is 0. The van der Waals surface area contributed by atoms with Gasteiger partial charge >= 0.3 is 6.16 Å². The Balaban J connectivity index is 0.668. The van der Waals surface area contributed by atoms with Gasteiger partial charge in [0, 0.05) is 99.6 Å². The summed E-state index contributed by atoms with van der Waals surface area (Å²) in [5, 5.41) is 65.1. The quantitative estimate of drug-likeness (QED) is 0.0435. The van der Waals surface area contributed by atoms with Crippen molar-refractivity contribution < 1.29 is 63.3 Å². The van der Waals surface area contributed by atoms with E-state index in [4.69, 9.17) is 18.9 Å². The number of phenolic OH excluding ortho intramolecular Hbond substituents is 4. The van der Waals surface area contributed by atoms with E-state index in [1.165, 1.54) is 21.3 Å². The van der Waals surface area contributed by atoms with Crippen LogP contribution in [-0.4, -0.2) is 141 Å². The highest BCUT2D eigenvalue weighted by atomic mass is 16.7. The van der Waals surface area contributed by atoms with Crippen molar-refractivity contribution in [1.29, 1.82) is 0 Å². The second kappa shape index (κ2) is 26.4. The molecular weight excluding hydrogens is 1130 g/mol. The first-order chi connectivity index (χ1) is 42.4. The Kier molecular flexibility index (Phi) is 18.2. The molecule has 2 saturated heterocycles. The molecule has 2 aromatic heterocycles. The Hall–Kier alpha value is -10.5. The maximum atomic E-state index is 13.6. The zero-order valence-corrected chi connectivity index (χ0v) is 49.5. The molecule has 0 bridgehead atoms. The fourth-order valence-corrected chi connectivity index (χ4v) is 10.6. The summed E-state index contributed by atoms with van der Waals surface area (Å²) < 4.78 is 26.7. The van der Waals surface area contributed by atoms with Gasteiger partial charge < -0.3 is 59.8 Å². The first-order valence-corrected chi connectivity index (χ1v) is 29.2. The molecule has 4 heterocycles. The van der Waals surface area contributed by atoms with Crippen LogP contribution < -0.4 is 20.1 Å². The van der Waals surface area contributed by atoms with Crippen molar-refractivity contribution in [2.45, 2.75) is 91.3 Å². The molecule has 2 fully saturated rings. The molecule has 0 aliphatic carbocycles. The third-order valence-electron chi connectivity index (χ3n) is 15.3. The largest absolute Gasteiger partial charge is 0.508 e. The van der Waals surface area contributed by atoms with Gasteiger partial charge in [0.2, 0.25) is 11.6 Å². The highest BCUT2D eigenvalue weighted by molar-refractivity contribution is 5.95. The number of hydrogen-bond donors (Lipinski definition) is 6. The SMILES string of the molecule is CCNC(=O)c1nnc(-c2cc(C(C)C)c(O)cc2O)n1-c1ccc(Oc2ccc(C(=O)N3CCC(OC(=O)OC4CCN(C(=O)c5ccc(Oc6ccc(-n7c(C(=O)NCC)nnc7-c7cc(C(C)C)c(O)cc7O)cc6)cc5)CC4)CC3)cc2)cc1. The van der Waals surface area contributed by atoms with Crippen LogP contribution in [0.1, 0.15) is 132 Å². The molecule has 0 spiro atoms. The Bertz CT molecular complexity index is 3600. The lowest BCUT2D eigenvalue weighted by molar-refractivity contribution is -0.0287. The number of carbonyl (C=O) groups is 5. The minimum absolute atomic E-state index is 0.00207. The molecular formula is C65H68N10O13. The number of likely N-dealkylation sites (tertiary alicyclic amines) is 2. The number of nitrogens with zero attached hydrogens (tertiary/aromatic N) is 8. The first kappa shape index (κ1) is 60.7. The minimum atomic E-state index is -0.783. The van der Waals surface area contributed by atoms with E-state index in [0.717, 1.165) is 0 Å². The lowest BCUT2D eigenvalue weighted by Gasteiger charge is -2.33. The molecule has 0 saturated carbocycles. The fourth-order valence-electron chi connectivity index (χ4n) is 10.6. The topological polar surface area (TPSA) is 295 Å². The summed E-state index contributed by atoms with van der Waals surface area (Å²) in [5.41, 5.74) is 3.69. The standard InChI is InChI=1S/C65H68N10O13/c1-7-66-61(80)59-70-68-57(51-33-49(37(3)4)53(76)35-55(51)78)74(59)41-13-21-45(22-14-41)85-43-17-9-39(10-18-43)63(82)72-29-25-47(26-30-72)87-65(84)88-48-27-31-73(32-28-48)64(83)40-11-19-44(20-12-40)86-46-23-15-42(16-24-46)75-58(69-71-60(75)62(81)67-8-2)52-34-50(38(5)6)54(77)36-56(52)79/h9-24,33-38,47-48,76-79H,7-8,25-32H2,1-6H3,(H,66,80)(H,67,81). The predicted octanol–water partition coefficient (Wildman–Crippen LogP) is 10.4. The van der Waals surface area contributed by atoms with E-state index in [1.54, 1.807) is 133 Å². The van der Waals surface area contributed by atoms with Gasteiger partial charge in [-0.2, -0.15) is 0 Å². The zero-order valence-electron chi connectivity index (χ0n) is 49.5. The van der Waals surface area contributed by atoms with Crippen LogP contribution in [0.15, 0.2) is 121 Å². The van der Waals surface area contributed by atoms with Crippen LogP contribution in [0.3, 0.4) is 0 Å². The summed E-state index contributed by atoms with van der Waals surface area (Å²) in [7, 11) is 0. The molecule has 6 N–H and O–H groups in total. The number of phenols is 4. The molecule has 23 heteroatoms. The molecule has 456 valence electrons. The van der Waals surface area contributed by atoms with Crippen LogP contribution in [0.2, 0.25) is 0 Å². The molecule has 8 aromatic rings. The highest BCUT2D eigenvalue weighted by Crippen LogP contribution is 2.41. The number of ether oxygens (including phenoxy) is 4. The number of hydrogen-bond acceptors (Lipinski definition) is 17. The summed E-state index contributed by atoms with van der Waals surface area (Å²) in [6.07, 6.45) is 0.0636. The van der Waals surface area contributed by atoms with Crippen LogP contribution >= 0.6 is 0 Å². The predicted molar refractivity (Wildman–Crippen MR) is 323 cm³/mol. The zero-order chi connectivity index (χ0) is 62.3. The van der Waals surface area contributed by atoms with Gasteiger partial charge in [0.15, 0.2) is 11.6 Å². The molecule has 4 amide bonds. The van der Waals surface area contributed by atoms with Crippen LogP contribution in [0.25, 0.3) is 34.2 Å². The van der Waals surface area contributed by atoms with E-state index in [9.17, 15) is 44.4 Å². The van der Waals surface area contributed by atoms with E-state index in [-0.39, 0.29) is 81.1 Å². The van der Waals surface area contributed by atoms with Gasteiger partial charge in [-0.15, -0.1) is 20.4 Å². The molecule has 0 radical (unpaired) electrons. The van der Waals surface area contributed by atoms with Gasteiger partial charge in [0.25, 0.3) is 23.6 Å². The van der Waals surface area contributed by atoms with Crippen molar-refractivity contribution in [3.63, 3.8) is 0 Å². The van der Waals surface area contributed by atoms with Gasteiger partial charge in [-0.3, -0.25) is 28.3 Å². The van der Waals surface area contributed by atoms with Crippen molar-refractivity contribution >= 4 is 29.8 Å². The molecule has 0 unspecified atom stereocenters. The normalized spacial score (nSPS) is 13.8. The molecule has 2 aliphatic rings. The maximum Gasteiger partial charge on any atom is 0.508 e. The Morgan fingerprint density at radius 2 is 0.807 bits per heavy atom. The van der Waals surface area contributed by atoms with Crippen molar-refractivity contribution in [3.05, 3.63) is 155 Å². The number of carbonyl (C=O) groups excluding carboxylic acids is 5. The summed E-state index contributed by atoms with van der Waals surface area (Å²) in [6.45, 7) is 13.4. The Morgan fingerprint density at radius 1 is 0.477 bits per heavy atom.